The molecule has 22 heteroatoms. The molecule has 0 radical (unpaired) electrons. The number of aliphatic hydroxyl groups is 1. The van der Waals surface area contributed by atoms with E-state index >= 15 is 8.78 Å². The standard InChI is InChI=1S/C45H40F2N8O12/c1-21(16-22-4-10-27(56)11-5-22)40(59)49-24-8-6-23(7-9-24)41(60)53-34(19-26-20-48-55-54-26)43(62)50-25-17-30(46)35(31(47)18-25)44(63)52-33-14-12-28(36(57)38(33)66-2)42(61)51-32-15-13-29(45(64)65)37(58)39(32)67-3/h4-18,20,34,42,51,56-58,61H,19H2,1-3H3,(H,49,59)(H,50,62)(H,52,63)(H,53,60)(H,64,65)(H,48,54,55)/b21-16+/t34-,42?/m0/s1. The molecule has 0 bridgehead atoms. The summed E-state index contributed by atoms with van der Waals surface area (Å²) < 4.78 is 41.4. The van der Waals surface area contributed by atoms with E-state index < -0.39 is 87.6 Å². The molecule has 346 valence electrons. The number of H-pyrrole nitrogens is 1. The van der Waals surface area contributed by atoms with Gasteiger partial charge >= 0.3 is 5.97 Å². The van der Waals surface area contributed by atoms with E-state index in [-0.39, 0.29) is 46.1 Å². The van der Waals surface area contributed by atoms with Gasteiger partial charge in [-0.2, -0.15) is 0 Å². The first-order valence-corrected chi connectivity index (χ1v) is 19.6. The third-order valence-corrected chi connectivity index (χ3v) is 9.85. The number of benzene rings is 5. The number of carbonyl (C=O) groups is 5. The summed E-state index contributed by atoms with van der Waals surface area (Å²) in [6.07, 6.45) is 1.01. The Hall–Kier alpha value is -9.05. The fraction of sp³-hybridized carbons (Fsp3) is 0.133. The molecular formula is C45H40F2N8O12. The van der Waals surface area contributed by atoms with E-state index in [2.05, 4.69) is 42.0 Å². The summed E-state index contributed by atoms with van der Waals surface area (Å²) in [4.78, 5) is 64.4. The number of ether oxygens (including phenoxy) is 2. The molecular weight excluding hydrogens is 883 g/mol. The second kappa shape index (κ2) is 20.6. The van der Waals surface area contributed by atoms with Crippen molar-refractivity contribution in [2.45, 2.75) is 25.6 Å². The predicted octanol–water partition coefficient (Wildman–Crippen LogP) is 5.29. The van der Waals surface area contributed by atoms with Gasteiger partial charge in [-0.3, -0.25) is 24.3 Å². The van der Waals surface area contributed by atoms with Gasteiger partial charge in [-0.25, -0.2) is 13.6 Å². The van der Waals surface area contributed by atoms with Gasteiger partial charge < -0.3 is 61.6 Å². The second-order valence-corrected chi connectivity index (χ2v) is 14.4. The second-order valence-electron chi connectivity index (χ2n) is 14.4. The number of aromatic carboxylic acids is 1. The van der Waals surface area contributed by atoms with E-state index in [0.717, 1.165) is 32.4 Å². The minimum atomic E-state index is -1.76. The summed E-state index contributed by atoms with van der Waals surface area (Å²) in [5.41, 5.74) is -0.911. The molecule has 1 unspecified atom stereocenters. The van der Waals surface area contributed by atoms with Crippen molar-refractivity contribution in [3.63, 3.8) is 0 Å². The lowest BCUT2D eigenvalue weighted by molar-refractivity contribution is -0.118. The van der Waals surface area contributed by atoms with Crippen LogP contribution in [-0.4, -0.2) is 90.8 Å². The van der Waals surface area contributed by atoms with Gasteiger partial charge in [0.1, 0.15) is 34.6 Å². The normalized spacial score (nSPS) is 12.0. The molecule has 0 saturated heterocycles. The van der Waals surface area contributed by atoms with Gasteiger partial charge in [0.25, 0.3) is 17.7 Å². The van der Waals surface area contributed by atoms with Crippen molar-refractivity contribution in [2.24, 2.45) is 0 Å². The Labute approximate surface area is 377 Å². The van der Waals surface area contributed by atoms with Crippen LogP contribution in [0.4, 0.5) is 31.5 Å². The Morgan fingerprint density at radius 2 is 1.42 bits per heavy atom. The lowest BCUT2D eigenvalue weighted by atomic mass is 10.1. The average molecular weight is 923 g/mol. The summed E-state index contributed by atoms with van der Waals surface area (Å²) in [6.45, 7) is 1.60. The number of carboxylic acid groups (broad SMARTS) is 1. The van der Waals surface area contributed by atoms with Crippen molar-refractivity contribution in [1.29, 1.82) is 0 Å². The first-order chi connectivity index (χ1) is 32.0. The molecule has 0 aliphatic carbocycles. The van der Waals surface area contributed by atoms with Gasteiger partial charge in [0.05, 0.1) is 31.3 Å². The molecule has 0 saturated carbocycles. The van der Waals surface area contributed by atoms with Crippen LogP contribution in [-0.2, 0) is 16.0 Å². The zero-order valence-electron chi connectivity index (χ0n) is 35.3. The molecule has 1 aromatic heterocycles. The molecule has 0 aliphatic rings. The smallest absolute Gasteiger partial charge is 0.339 e. The van der Waals surface area contributed by atoms with Crippen LogP contribution in [0, 0.1) is 11.6 Å². The molecule has 2 atom stereocenters. The molecule has 20 nitrogen and oxygen atoms in total. The quantitative estimate of drug-likeness (QED) is 0.0409. The van der Waals surface area contributed by atoms with Crippen molar-refractivity contribution in [2.75, 3.05) is 35.5 Å². The number of hydrogen-bond donors (Lipinski definition) is 11. The average Bonchev–Trinajstić information content (AvgIpc) is 3.80. The SMILES string of the molecule is COc1c(NC(O)c2ccc(NC(=O)c3c(F)cc(NC(=O)[C@H](Cc4c[nH]nn4)NC(=O)c4ccc(NC(=O)/C(C)=C/c5ccc(O)cc5)cc4)cc3F)c(OC)c2O)ccc(C(=O)O)c1O. The summed E-state index contributed by atoms with van der Waals surface area (Å²) in [6, 6.07) is 16.4. The van der Waals surface area contributed by atoms with E-state index in [9.17, 15) is 49.5 Å². The number of phenols is 3. The molecule has 0 fully saturated rings. The molecule has 6 aromatic rings. The molecule has 5 aromatic carbocycles. The highest BCUT2D eigenvalue weighted by atomic mass is 19.1. The maximum atomic E-state index is 15.6. The minimum absolute atomic E-state index is 0.0756. The number of amides is 4. The number of phenolic OH excluding ortho intramolecular Hbond substituents is 2. The van der Waals surface area contributed by atoms with Crippen molar-refractivity contribution < 1.29 is 67.8 Å². The summed E-state index contributed by atoms with van der Waals surface area (Å²) in [5.74, 6) is -9.91. The van der Waals surface area contributed by atoms with E-state index in [1.165, 1.54) is 48.7 Å². The number of aromatic nitrogens is 3. The number of nitrogens with zero attached hydrogens (tertiary/aromatic N) is 2. The first kappa shape index (κ1) is 47.4. The fourth-order valence-corrected chi connectivity index (χ4v) is 6.48. The van der Waals surface area contributed by atoms with Gasteiger partial charge in [0, 0.05) is 40.7 Å². The highest BCUT2D eigenvalue weighted by molar-refractivity contribution is 6.08. The largest absolute Gasteiger partial charge is 0.508 e. The number of halogens is 2. The predicted molar refractivity (Wildman–Crippen MR) is 236 cm³/mol. The summed E-state index contributed by atoms with van der Waals surface area (Å²) in [5, 5.41) is 73.3. The Bertz CT molecular complexity index is 2850. The van der Waals surface area contributed by atoms with E-state index in [1.807, 2.05) is 0 Å². The fourth-order valence-electron chi connectivity index (χ4n) is 6.48. The van der Waals surface area contributed by atoms with E-state index in [0.29, 0.717) is 29.0 Å². The van der Waals surface area contributed by atoms with Gasteiger partial charge in [-0.15, -0.1) is 5.10 Å². The third kappa shape index (κ3) is 11.2. The molecule has 11 N–H and O–H groups in total. The zero-order valence-corrected chi connectivity index (χ0v) is 35.3. The van der Waals surface area contributed by atoms with Crippen LogP contribution in [0.15, 0.2) is 96.7 Å². The number of methoxy groups -OCH3 is 2. The van der Waals surface area contributed by atoms with Gasteiger partial charge in [0.2, 0.25) is 5.91 Å². The van der Waals surface area contributed by atoms with Crippen LogP contribution in [0.25, 0.3) is 6.08 Å². The first-order valence-electron chi connectivity index (χ1n) is 19.6. The molecule has 0 spiro atoms. The van der Waals surface area contributed by atoms with Crippen molar-refractivity contribution in [3.8, 4) is 28.7 Å². The van der Waals surface area contributed by atoms with Gasteiger partial charge in [0.15, 0.2) is 29.2 Å². The number of carbonyl (C=O) groups excluding carboxylic acids is 4. The number of carboxylic acids is 1. The molecule has 6 rings (SSSR count). The molecule has 1 heterocycles. The Morgan fingerprint density at radius 3 is 2.03 bits per heavy atom. The van der Waals surface area contributed by atoms with E-state index in [4.69, 9.17) is 9.47 Å². The number of aliphatic hydroxyl groups excluding tert-OH is 1. The highest BCUT2D eigenvalue weighted by Gasteiger charge is 2.28. The maximum absolute atomic E-state index is 15.6. The Kier molecular flexibility index (Phi) is 14.6. The summed E-state index contributed by atoms with van der Waals surface area (Å²) >= 11 is 0. The lowest BCUT2D eigenvalue weighted by Crippen LogP contribution is -2.45. The van der Waals surface area contributed by atoms with Crippen LogP contribution >= 0.6 is 0 Å². The van der Waals surface area contributed by atoms with Crippen LogP contribution in [0.2, 0.25) is 0 Å². The van der Waals surface area contributed by atoms with Crippen LogP contribution in [0.5, 0.6) is 28.7 Å². The maximum Gasteiger partial charge on any atom is 0.339 e. The Balaban J connectivity index is 1.13. The number of rotatable bonds is 17. The number of anilines is 4. The van der Waals surface area contributed by atoms with Crippen molar-refractivity contribution in [1.82, 2.24) is 20.7 Å². The number of aromatic amines is 1. The zero-order chi connectivity index (χ0) is 48.5. The van der Waals surface area contributed by atoms with Crippen LogP contribution in [0.3, 0.4) is 0 Å². The minimum Gasteiger partial charge on any atom is -0.508 e. The van der Waals surface area contributed by atoms with Crippen molar-refractivity contribution in [3.05, 3.63) is 142 Å². The number of aromatic hydroxyl groups is 3. The van der Waals surface area contributed by atoms with Crippen LogP contribution in [0.1, 0.15) is 61.0 Å². The molecule has 67 heavy (non-hydrogen) atoms. The molecule has 0 aliphatic heterocycles. The van der Waals surface area contributed by atoms with Gasteiger partial charge in [-0.1, -0.05) is 17.3 Å². The Morgan fingerprint density at radius 1 is 0.776 bits per heavy atom. The third-order valence-electron chi connectivity index (χ3n) is 9.85. The molecule has 4 amide bonds. The number of hydrogen-bond acceptors (Lipinski definition) is 14. The monoisotopic (exact) mass is 922 g/mol. The highest BCUT2D eigenvalue weighted by Crippen LogP contribution is 2.43. The lowest BCUT2D eigenvalue weighted by Gasteiger charge is -2.21. The van der Waals surface area contributed by atoms with E-state index in [1.54, 1.807) is 25.1 Å². The topological polar surface area (TPSA) is 307 Å². The van der Waals surface area contributed by atoms with Gasteiger partial charge in [-0.05, 0) is 91.4 Å². The summed E-state index contributed by atoms with van der Waals surface area (Å²) in [7, 11) is 2.24. The number of nitrogens with one attached hydrogen (secondary N) is 6. The van der Waals surface area contributed by atoms with Crippen molar-refractivity contribution >= 4 is 58.4 Å². The van der Waals surface area contributed by atoms with Crippen LogP contribution < -0.4 is 36.1 Å².